The second kappa shape index (κ2) is 3.05. The van der Waals surface area contributed by atoms with Crippen molar-refractivity contribution in [1.82, 2.24) is 0 Å². The van der Waals surface area contributed by atoms with Crippen LogP contribution in [0.4, 0.5) is 0 Å². The van der Waals surface area contributed by atoms with Gasteiger partial charge in [0.1, 0.15) is 5.58 Å². The van der Waals surface area contributed by atoms with E-state index >= 15 is 0 Å². The lowest BCUT2D eigenvalue weighted by atomic mass is 9.70. The molecule has 1 aromatic heterocycles. The van der Waals surface area contributed by atoms with Crippen molar-refractivity contribution < 1.29 is 4.42 Å². The predicted octanol–water partition coefficient (Wildman–Crippen LogP) is 4.74. The molecular weight excluding hydrogens is 220 g/mol. The van der Waals surface area contributed by atoms with Gasteiger partial charge in [-0.05, 0) is 22.8 Å². The maximum absolute atomic E-state index is 5.71. The average Bonchev–Trinajstić information content (AvgIpc) is 2.81. The Hall–Kier alpha value is -2.02. The van der Waals surface area contributed by atoms with Crippen molar-refractivity contribution in [2.24, 2.45) is 0 Å². The molecule has 1 heteroatoms. The number of benzene rings is 2. The Labute approximate surface area is 106 Å². The third kappa shape index (κ3) is 1.02. The number of furan rings is 1. The van der Waals surface area contributed by atoms with E-state index in [1.807, 2.05) is 12.3 Å². The summed E-state index contributed by atoms with van der Waals surface area (Å²) in [7, 11) is 0. The van der Waals surface area contributed by atoms with Crippen LogP contribution >= 0.6 is 0 Å². The lowest BCUT2D eigenvalue weighted by Gasteiger charge is -2.32. The smallest absolute Gasteiger partial charge is 0.134 e. The van der Waals surface area contributed by atoms with Gasteiger partial charge in [0.05, 0.1) is 6.26 Å². The van der Waals surface area contributed by atoms with Crippen molar-refractivity contribution in [2.75, 3.05) is 0 Å². The second-order valence-electron chi connectivity index (χ2n) is 5.50. The van der Waals surface area contributed by atoms with E-state index < -0.39 is 0 Å². The quantitative estimate of drug-likeness (QED) is 0.547. The van der Waals surface area contributed by atoms with Crippen LogP contribution < -0.4 is 0 Å². The molecule has 0 saturated carbocycles. The van der Waals surface area contributed by atoms with Gasteiger partial charge < -0.3 is 4.42 Å². The molecule has 0 aliphatic heterocycles. The maximum atomic E-state index is 5.71. The zero-order valence-corrected chi connectivity index (χ0v) is 10.5. The van der Waals surface area contributed by atoms with Crippen molar-refractivity contribution in [3.8, 4) is 11.1 Å². The Morgan fingerprint density at radius 1 is 0.833 bits per heavy atom. The molecule has 0 spiro atoms. The van der Waals surface area contributed by atoms with E-state index in [4.69, 9.17) is 4.42 Å². The van der Waals surface area contributed by atoms with Gasteiger partial charge in [-0.15, -0.1) is 0 Å². The van der Waals surface area contributed by atoms with Gasteiger partial charge in [-0.3, -0.25) is 0 Å². The van der Waals surface area contributed by atoms with E-state index in [-0.39, 0.29) is 5.41 Å². The molecule has 0 saturated heterocycles. The topological polar surface area (TPSA) is 13.1 Å². The molecule has 0 fully saturated rings. The summed E-state index contributed by atoms with van der Waals surface area (Å²) in [5, 5.41) is 1.28. The van der Waals surface area contributed by atoms with Gasteiger partial charge in [-0.1, -0.05) is 50.2 Å². The molecule has 1 aliphatic carbocycles. The van der Waals surface area contributed by atoms with Crippen LogP contribution in [0.5, 0.6) is 0 Å². The molecule has 1 nitrogen and oxygen atoms in total. The van der Waals surface area contributed by atoms with Gasteiger partial charge in [-0.2, -0.15) is 0 Å². The average molecular weight is 234 g/mol. The van der Waals surface area contributed by atoms with E-state index in [2.05, 4.69) is 50.2 Å². The van der Waals surface area contributed by atoms with Crippen molar-refractivity contribution >= 4 is 11.0 Å². The van der Waals surface area contributed by atoms with Crippen LogP contribution in [0.2, 0.25) is 0 Å². The second-order valence-corrected chi connectivity index (χ2v) is 5.50. The molecule has 0 bridgehead atoms. The molecule has 0 radical (unpaired) electrons. The maximum Gasteiger partial charge on any atom is 0.134 e. The Balaban J connectivity index is 2.27. The first kappa shape index (κ1) is 9.95. The van der Waals surface area contributed by atoms with Crippen LogP contribution in [0, 0.1) is 0 Å². The van der Waals surface area contributed by atoms with Crippen LogP contribution in [-0.2, 0) is 5.41 Å². The third-order valence-electron chi connectivity index (χ3n) is 4.16. The normalized spacial score (nSPS) is 15.7. The van der Waals surface area contributed by atoms with E-state index in [0.29, 0.717) is 0 Å². The largest absolute Gasteiger partial charge is 0.464 e. The molecule has 4 rings (SSSR count). The number of rotatable bonds is 0. The van der Waals surface area contributed by atoms with Crippen LogP contribution in [0.3, 0.4) is 0 Å². The fourth-order valence-corrected chi connectivity index (χ4v) is 3.22. The summed E-state index contributed by atoms with van der Waals surface area (Å²) in [4.78, 5) is 0. The monoisotopic (exact) mass is 234 g/mol. The minimum atomic E-state index is 0.0347. The zero-order valence-electron chi connectivity index (χ0n) is 10.5. The SMILES string of the molecule is CC1(C)c2ccccc2-c2coc3cccc1c23. The van der Waals surface area contributed by atoms with Gasteiger partial charge in [0.25, 0.3) is 0 Å². The minimum absolute atomic E-state index is 0.0347. The molecule has 1 aliphatic rings. The standard InChI is InChI=1S/C17H14O/c1-17(2)13-7-4-3-6-11(13)12-10-18-15-9-5-8-14(17)16(12)15/h3-10H,1-2H3. The summed E-state index contributed by atoms with van der Waals surface area (Å²) in [6.07, 6.45) is 1.89. The van der Waals surface area contributed by atoms with Gasteiger partial charge in [0.2, 0.25) is 0 Å². The fourth-order valence-electron chi connectivity index (χ4n) is 3.22. The molecule has 3 aromatic rings. The molecule has 0 unspecified atom stereocenters. The number of hydrogen-bond donors (Lipinski definition) is 0. The van der Waals surface area contributed by atoms with E-state index in [1.54, 1.807) is 0 Å². The zero-order chi connectivity index (χ0) is 12.3. The van der Waals surface area contributed by atoms with Crippen LogP contribution in [0.1, 0.15) is 25.0 Å². The summed E-state index contributed by atoms with van der Waals surface area (Å²) < 4.78 is 5.71. The Morgan fingerprint density at radius 3 is 2.50 bits per heavy atom. The van der Waals surface area contributed by atoms with Crippen LogP contribution in [-0.4, -0.2) is 0 Å². The van der Waals surface area contributed by atoms with E-state index in [9.17, 15) is 0 Å². The molecule has 0 amide bonds. The molecule has 0 atom stereocenters. The minimum Gasteiger partial charge on any atom is -0.464 e. The lowest BCUT2D eigenvalue weighted by Crippen LogP contribution is -2.22. The Morgan fingerprint density at radius 2 is 1.61 bits per heavy atom. The first-order valence-electron chi connectivity index (χ1n) is 6.30. The highest BCUT2D eigenvalue weighted by Gasteiger charge is 2.34. The third-order valence-corrected chi connectivity index (χ3v) is 4.16. The number of hydrogen-bond acceptors (Lipinski definition) is 1. The Bertz CT molecular complexity index is 762. The summed E-state index contributed by atoms with van der Waals surface area (Å²) in [5.74, 6) is 0. The molecule has 1 heterocycles. The predicted molar refractivity (Wildman–Crippen MR) is 73.8 cm³/mol. The number of fused-ring (bicyclic) bond motifs is 2. The highest BCUT2D eigenvalue weighted by atomic mass is 16.3. The first-order valence-corrected chi connectivity index (χ1v) is 6.30. The van der Waals surface area contributed by atoms with Gasteiger partial charge in [0, 0.05) is 16.4 Å². The molecule has 2 aromatic carbocycles. The van der Waals surface area contributed by atoms with Crippen molar-refractivity contribution in [2.45, 2.75) is 19.3 Å². The van der Waals surface area contributed by atoms with E-state index in [1.165, 1.54) is 27.6 Å². The van der Waals surface area contributed by atoms with Crippen molar-refractivity contribution in [1.29, 1.82) is 0 Å². The van der Waals surface area contributed by atoms with Crippen molar-refractivity contribution in [3.63, 3.8) is 0 Å². The first-order chi connectivity index (χ1) is 8.69. The lowest BCUT2D eigenvalue weighted by molar-refractivity contribution is 0.616. The molecule has 0 N–H and O–H groups in total. The molecule has 18 heavy (non-hydrogen) atoms. The van der Waals surface area contributed by atoms with Gasteiger partial charge in [-0.25, -0.2) is 0 Å². The summed E-state index contributed by atoms with van der Waals surface area (Å²) in [6.45, 7) is 4.58. The highest BCUT2D eigenvalue weighted by molar-refractivity contribution is 6.01. The summed E-state index contributed by atoms with van der Waals surface area (Å²) in [5.41, 5.74) is 6.31. The molecular formula is C17H14O. The summed E-state index contributed by atoms with van der Waals surface area (Å²) in [6, 6.07) is 15.0. The van der Waals surface area contributed by atoms with Crippen LogP contribution in [0.25, 0.3) is 22.1 Å². The summed E-state index contributed by atoms with van der Waals surface area (Å²) >= 11 is 0. The van der Waals surface area contributed by atoms with Crippen LogP contribution in [0.15, 0.2) is 53.1 Å². The van der Waals surface area contributed by atoms with E-state index in [0.717, 1.165) is 5.58 Å². The van der Waals surface area contributed by atoms with Gasteiger partial charge in [0.15, 0.2) is 0 Å². The van der Waals surface area contributed by atoms with Crippen molar-refractivity contribution in [3.05, 3.63) is 59.9 Å². The molecule has 88 valence electrons. The fraction of sp³-hybridized carbons (Fsp3) is 0.176. The Kier molecular flexibility index (Phi) is 1.69. The van der Waals surface area contributed by atoms with Gasteiger partial charge >= 0.3 is 0 Å². The highest BCUT2D eigenvalue weighted by Crippen LogP contribution is 2.48.